The van der Waals surface area contributed by atoms with Crippen molar-refractivity contribution in [2.24, 2.45) is 5.73 Å². The summed E-state index contributed by atoms with van der Waals surface area (Å²) in [5.74, 6) is -0.156. The number of aryl methyl sites for hydroxylation is 1. The fraction of sp³-hybridized carbons (Fsp3) is 0.375. The molecule has 8 heteroatoms. The molecule has 3 heterocycles. The SMILES string of the molecule is CC(=O)c1[nH]c(C)c(C(=O)N2CCn3c(C(N)=O)cnc3C2)c1C. The van der Waals surface area contributed by atoms with Crippen molar-refractivity contribution >= 4 is 17.6 Å². The van der Waals surface area contributed by atoms with E-state index in [9.17, 15) is 14.4 Å². The number of hydrogen-bond acceptors (Lipinski definition) is 4. The van der Waals surface area contributed by atoms with Crippen molar-refractivity contribution in [3.05, 3.63) is 40.2 Å². The molecule has 3 N–H and O–H groups in total. The molecule has 0 bridgehead atoms. The van der Waals surface area contributed by atoms with E-state index in [1.165, 1.54) is 13.1 Å². The van der Waals surface area contributed by atoms with E-state index < -0.39 is 5.91 Å². The van der Waals surface area contributed by atoms with E-state index in [4.69, 9.17) is 5.73 Å². The predicted molar refractivity (Wildman–Crippen MR) is 85.8 cm³/mol. The fourth-order valence-electron chi connectivity index (χ4n) is 3.21. The zero-order chi connectivity index (χ0) is 17.6. The maximum absolute atomic E-state index is 12.9. The van der Waals surface area contributed by atoms with E-state index >= 15 is 0 Å². The molecule has 0 atom stereocenters. The van der Waals surface area contributed by atoms with Crippen molar-refractivity contribution < 1.29 is 14.4 Å². The first-order valence-corrected chi connectivity index (χ1v) is 7.64. The number of hydrogen-bond donors (Lipinski definition) is 2. The number of imidazole rings is 1. The minimum absolute atomic E-state index is 0.102. The van der Waals surface area contributed by atoms with Crippen molar-refractivity contribution in [2.75, 3.05) is 6.54 Å². The van der Waals surface area contributed by atoms with Gasteiger partial charge in [0.05, 0.1) is 24.0 Å². The van der Waals surface area contributed by atoms with Crippen LogP contribution in [0, 0.1) is 13.8 Å². The number of rotatable bonds is 3. The van der Waals surface area contributed by atoms with Gasteiger partial charge in [-0.3, -0.25) is 14.4 Å². The van der Waals surface area contributed by atoms with Crippen molar-refractivity contribution in [2.45, 2.75) is 33.9 Å². The van der Waals surface area contributed by atoms with Crippen molar-refractivity contribution in [1.29, 1.82) is 0 Å². The molecule has 2 amide bonds. The van der Waals surface area contributed by atoms with Crippen LogP contribution in [-0.2, 0) is 13.1 Å². The van der Waals surface area contributed by atoms with Gasteiger partial charge < -0.3 is 20.2 Å². The standard InChI is InChI=1S/C16H19N5O3/c1-8-13(9(2)19-14(8)10(3)22)16(24)20-4-5-21-11(15(17)23)6-18-12(21)7-20/h6,19H,4-5,7H2,1-3H3,(H2,17,23). The Kier molecular flexibility index (Phi) is 3.75. The van der Waals surface area contributed by atoms with Crippen LogP contribution in [0.25, 0.3) is 0 Å². The van der Waals surface area contributed by atoms with E-state index in [-0.39, 0.29) is 11.7 Å². The number of primary amides is 1. The van der Waals surface area contributed by atoms with Crippen LogP contribution in [-0.4, -0.2) is 43.6 Å². The van der Waals surface area contributed by atoms with Crippen LogP contribution in [0.5, 0.6) is 0 Å². The Balaban J connectivity index is 1.90. The first kappa shape index (κ1) is 16.0. The number of carbonyl (C=O) groups excluding carboxylic acids is 3. The molecule has 126 valence electrons. The van der Waals surface area contributed by atoms with Gasteiger partial charge in [0, 0.05) is 25.7 Å². The Morgan fingerprint density at radius 2 is 1.96 bits per heavy atom. The Morgan fingerprint density at radius 3 is 2.54 bits per heavy atom. The van der Waals surface area contributed by atoms with Crippen molar-refractivity contribution in [3.8, 4) is 0 Å². The summed E-state index contributed by atoms with van der Waals surface area (Å²) in [5.41, 5.74) is 8.00. The molecular formula is C16H19N5O3. The average molecular weight is 329 g/mol. The van der Waals surface area contributed by atoms with Crippen LogP contribution in [0.15, 0.2) is 6.20 Å². The van der Waals surface area contributed by atoms with Crippen LogP contribution in [0.2, 0.25) is 0 Å². The molecule has 1 aliphatic rings. The summed E-state index contributed by atoms with van der Waals surface area (Å²) in [6.07, 6.45) is 1.44. The van der Waals surface area contributed by atoms with Crippen LogP contribution >= 0.6 is 0 Å². The van der Waals surface area contributed by atoms with Gasteiger partial charge in [-0.15, -0.1) is 0 Å². The minimum Gasteiger partial charge on any atom is -0.364 e. The van der Waals surface area contributed by atoms with Gasteiger partial charge >= 0.3 is 0 Å². The minimum atomic E-state index is -0.531. The smallest absolute Gasteiger partial charge is 0.266 e. The number of H-pyrrole nitrogens is 1. The first-order chi connectivity index (χ1) is 11.3. The van der Waals surface area contributed by atoms with Crippen LogP contribution in [0.1, 0.15) is 55.3 Å². The highest BCUT2D eigenvalue weighted by atomic mass is 16.2. The molecule has 8 nitrogen and oxygen atoms in total. The highest BCUT2D eigenvalue weighted by Gasteiger charge is 2.29. The molecule has 0 fully saturated rings. The molecule has 3 rings (SSSR count). The van der Waals surface area contributed by atoms with Crippen LogP contribution in [0.3, 0.4) is 0 Å². The molecule has 1 aliphatic heterocycles. The second-order valence-corrected chi connectivity index (χ2v) is 5.98. The fourth-order valence-corrected chi connectivity index (χ4v) is 3.21. The van der Waals surface area contributed by atoms with Gasteiger partial charge in [-0.25, -0.2) is 4.98 Å². The number of Topliss-reactive ketones (excluding diaryl/α,β-unsaturated/α-hetero) is 1. The Labute approximate surface area is 138 Å². The van der Waals surface area contributed by atoms with Crippen molar-refractivity contribution in [1.82, 2.24) is 19.4 Å². The van der Waals surface area contributed by atoms with Gasteiger partial charge in [0.1, 0.15) is 11.5 Å². The van der Waals surface area contributed by atoms with E-state index in [1.54, 1.807) is 23.3 Å². The van der Waals surface area contributed by atoms with Gasteiger partial charge in [-0.1, -0.05) is 0 Å². The highest BCUT2D eigenvalue weighted by molar-refractivity contribution is 6.02. The predicted octanol–water partition coefficient (Wildman–Crippen LogP) is 0.786. The first-order valence-electron chi connectivity index (χ1n) is 7.64. The second kappa shape index (κ2) is 5.63. The van der Waals surface area contributed by atoms with Crippen LogP contribution in [0.4, 0.5) is 0 Å². The number of aromatic nitrogens is 3. The highest BCUT2D eigenvalue weighted by Crippen LogP contribution is 2.23. The van der Waals surface area contributed by atoms with Crippen molar-refractivity contribution in [3.63, 3.8) is 0 Å². The van der Waals surface area contributed by atoms with E-state index in [0.29, 0.717) is 53.7 Å². The summed E-state index contributed by atoms with van der Waals surface area (Å²) in [6.45, 7) is 6.22. The topological polar surface area (TPSA) is 114 Å². The molecule has 0 saturated heterocycles. The number of carbonyl (C=O) groups is 3. The summed E-state index contributed by atoms with van der Waals surface area (Å²) in [4.78, 5) is 44.8. The third-order valence-electron chi connectivity index (χ3n) is 4.41. The van der Waals surface area contributed by atoms with Gasteiger partial charge in [-0.05, 0) is 19.4 Å². The monoisotopic (exact) mass is 329 g/mol. The molecule has 24 heavy (non-hydrogen) atoms. The summed E-state index contributed by atoms with van der Waals surface area (Å²) >= 11 is 0. The lowest BCUT2D eigenvalue weighted by atomic mass is 10.1. The molecule has 2 aromatic heterocycles. The number of nitrogens with one attached hydrogen (secondary N) is 1. The maximum atomic E-state index is 12.9. The molecule has 0 aromatic carbocycles. The molecule has 0 saturated carbocycles. The Bertz CT molecular complexity index is 861. The lowest BCUT2D eigenvalue weighted by Gasteiger charge is -2.28. The summed E-state index contributed by atoms with van der Waals surface area (Å²) < 4.78 is 1.74. The zero-order valence-electron chi connectivity index (χ0n) is 13.8. The Hall–Kier alpha value is -2.90. The average Bonchev–Trinajstić information content (AvgIpc) is 3.07. The van der Waals surface area contributed by atoms with Gasteiger partial charge in [0.25, 0.3) is 11.8 Å². The summed E-state index contributed by atoms with van der Waals surface area (Å²) in [7, 11) is 0. The van der Waals surface area contributed by atoms with E-state index in [0.717, 1.165) is 0 Å². The summed E-state index contributed by atoms with van der Waals surface area (Å²) in [5, 5.41) is 0. The third kappa shape index (κ3) is 2.40. The van der Waals surface area contributed by atoms with Gasteiger partial charge in [0.2, 0.25) is 0 Å². The zero-order valence-corrected chi connectivity index (χ0v) is 13.8. The number of ketones is 1. The molecule has 0 aliphatic carbocycles. The molecule has 2 aromatic rings. The van der Waals surface area contributed by atoms with E-state index in [1.807, 2.05) is 0 Å². The largest absolute Gasteiger partial charge is 0.364 e. The molecule has 0 spiro atoms. The normalized spacial score (nSPS) is 13.7. The van der Waals surface area contributed by atoms with Gasteiger partial charge in [0.15, 0.2) is 5.78 Å². The van der Waals surface area contributed by atoms with E-state index in [2.05, 4.69) is 9.97 Å². The second-order valence-electron chi connectivity index (χ2n) is 5.98. The lowest BCUT2D eigenvalue weighted by molar-refractivity contribution is 0.0705. The molecule has 0 unspecified atom stereocenters. The third-order valence-corrected chi connectivity index (χ3v) is 4.41. The molecule has 0 radical (unpaired) electrons. The lowest BCUT2D eigenvalue weighted by Crippen LogP contribution is -2.39. The molecular weight excluding hydrogens is 310 g/mol. The Morgan fingerprint density at radius 1 is 1.25 bits per heavy atom. The number of fused-ring (bicyclic) bond motifs is 1. The van der Waals surface area contributed by atoms with Crippen LogP contribution < -0.4 is 5.73 Å². The number of aromatic amines is 1. The van der Waals surface area contributed by atoms with Gasteiger partial charge in [-0.2, -0.15) is 0 Å². The number of amides is 2. The number of nitrogens with two attached hydrogens (primary N) is 1. The quantitative estimate of drug-likeness (QED) is 0.810. The summed E-state index contributed by atoms with van der Waals surface area (Å²) in [6, 6.07) is 0. The maximum Gasteiger partial charge on any atom is 0.266 e. The number of nitrogens with zero attached hydrogens (tertiary/aromatic N) is 3.